The van der Waals surface area contributed by atoms with Crippen molar-refractivity contribution in [2.24, 2.45) is 5.10 Å². The first-order valence-corrected chi connectivity index (χ1v) is 8.34. The van der Waals surface area contributed by atoms with E-state index in [1.807, 2.05) is 30.5 Å². The Labute approximate surface area is 142 Å². The van der Waals surface area contributed by atoms with Gasteiger partial charge in [0.2, 0.25) is 0 Å². The van der Waals surface area contributed by atoms with Gasteiger partial charge in [0.05, 0.1) is 18.0 Å². The van der Waals surface area contributed by atoms with Crippen molar-refractivity contribution < 1.29 is 4.74 Å². The molecule has 0 amide bonds. The number of rotatable bonds is 5. The molecule has 0 spiro atoms. The number of nitrogens with one attached hydrogen (secondary N) is 1. The highest BCUT2D eigenvalue weighted by Gasteiger charge is 2.18. The minimum atomic E-state index is 0.342. The van der Waals surface area contributed by atoms with Gasteiger partial charge in [-0.3, -0.25) is 5.43 Å². The first kappa shape index (κ1) is 16.1. The lowest BCUT2D eigenvalue weighted by atomic mass is 10.2. The zero-order valence-corrected chi connectivity index (χ0v) is 14.3. The summed E-state index contributed by atoms with van der Waals surface area (Å²) in [6.07, 6.45) is 4.52. The minimum absolute atomic E-state index is 0.342. The summed E-state index contributed by atoms with van der Waals surface area (Å²) in [7, 11) is 0. The molecule has 1 N–H and O–H groups in total. The van der Waals surface area contributed by atoms with Crippen LogP contribution >= 0.6 is 11.6 Å². The molecule has 0 saturated carbocycles. The number of aromatic nitrogens is 1. The predicted molar refractivity (Wildman–Crippen MR) is 95.5 cm³/mol. The summed E-state index contributed by atoms with van der Waals surface area (Å²) in [5.41, 5.74) is 7.47. The average Bonchev–Trinajstić information content (AvgIpc) is 3.12. The van der Waals surface area contributed by atoms with Crippen LogP contribution < -0.4 is 5.43 Å². The molecule has 2 heterocycles. The van der Waals surface area contributed by atoms with Crippen LogP contribution in [0.15, 0.2) is 35.4 Å². The molecule has 1 aromatic carbocycles. The maximum absolute atomic E-state index is 5.96. The summed E-state index contributed by atoms with van der Waals surface area (Å²) < 4.78 is 8.06. The first-order valence-electron chi connectivity index (χ1n) is 7.96. The molecule has 0 radical (unpaired) electrons. The normalized spacial score (nSPS) is 18.0. The van der Waals surface area contributed by atoms with Gasteiger partial charge >= 0.3 is 0 Å². The van der Waals surface area contributed by atoms with Crippen LogP contribution in [-0.2, 0) is 11.3 Å². The van der Waals surface area contributed by atoms with Crippen molar-refractivity contribution >= 4 is 23.5 Å². The van der Waals surface area contributed by atoms with Gasteiger partial charge in [0, 0.05) is 35.1 Å². The molecular formula is C18H22ClN3O. The van der Waals surface area contributed by atoms with Crippen molar-refractivity contribution in [3.05, 3.63) is 52.3 Å². The van der Waals surface area contributed by atoms with E-state index in [2.05, 4.69) is 35.0 Å². The van der Waals surface area contributed by atoms with Crippen molar-refractivity contribution in [3.8, 4) is 0 Å². The predicted octanol–water partition coefficient (Wildman–Crippen LogP) is 4.38. The topological polar surface area (TPSA) is 38.5 Å². The third kappa shape index (κ3) is 3.95. The van der Waals surface area contributed by atoms with Crippen molar-refractivity contribution in [3.63, 3.8) is 0 Å². The molecule has 1 aliphatic rings. The summed E-state index contributed by atoms with van der Waals surface area (Å²) in [6.45, 7) is 6.07. The average molecular weight is 332 g/mol. The molecule has 1 atom stereocenters. The van der Waals surface area contributed by atoms with E-state index in [0.717, 1.165) is 30.8 Å². The Hall–Kier alpha value is -1.78. The van der Waals surface area contributed by atoms with Crippen LogP contribution in [0.1, 0.15) is 29.8 Å². The van der Waals surface area contributed by atoms with E-state index in [1.165, 1.54) is 17.8 Å². The first-order chi connectivity index (χ1) is 11.1. The molecule has 2 aromatic rings. The molecule has 0 unspecified atom stereocenters. The van der Waals surface area contributed by atoms with E-state index in [9.17, 15) is 0 Å². The molecule has 4 nitrogen and oxygen atoms in total. The number of nitrogens with zero attached hydrogens (tertiary/aromatic N) is 2. The fraction of sp³-hybridized carbons (Fsp3) is 0.389. The van der Waals surface area contributed by atoms with Gasteiger partial charge < -0.3 is 9.30 Å². The number of hydrogen-bond acceptors (Lipinski definition) is 3. The lowest BCUT2D eigenvalue weighted by molar-refractivity contribution is 0.0962. The van der Waals surface area contributed by atoms with Crippen molar-refractivity contribution in [2.45, 2.75) is 39.3 Å². The Morgan fingerprint density at radius 1 is 1.39 bits per heavy atom. The van der Waals surface area contributed by atoms with Crippen LogP contribution in [-0.4, -0.2) is 23.5 Å². The Morgan fingerprint density at radius 2 is 2.26 bits per heavy atom. The number of benzene rings is 1. The highest BCUT2D eigenvalue weighted by Crippen LogP contribution is 2.20. The zero-order chi connectivity index (χ0) is 16.2. The van der Waals surface area contributed by atoms with Gasteiger partial charge in [0.15, 0.2) is 0 Å². The molecule has 1 saturated heterocycles. The lowest BCUT2D eigenvalue weighted by Gasteiger charge is -2.14. The Morgan fingerprint density at radius 3 is 3.00 bits per heavy atom. The van der Waals surface area contributed by atoms with Crippen molar-refractivity contribution in [1.29, 1.82) is 0 Å². The highest BCUT2D eigenvalue weighted by atomic mass is 35.5. The molecule has 3 rings (SSSR count). The van der Waals surface area contributed by atoms with Crippen LogP contribution in [0.5, 0.6) is 0 Å². The molecule has 5 heteroatoms. The van der Waals surface area contributed by atoms with E-state index in [0.29, 0.717) is 11.1 Å². The number of ether oxygens (including phenoxy) is 1. The summed E-state index contributed by atoms with van der Waals surface area (Å²) >= 11 is 5.96. The Balaban J connectivity index is 1.69. The Kier molecular flexibility index (Phi) is 5.03. The van der Waals surface area contributed by atoms with E-state index >= 15 is 0 Å². The fourth-order valence-electron chi connectivity index (χ4n) is 2.97. The van der Waals surface area contributed by atoms with Gasteiger partial charge in [0.25, 0.3) is 0 Å². The fourth-order valence-corrected chi connectivity index (χ4v) is 3.16. The number of hydrogen-bond donors (Lipinski definition) is 1. The van der Waals surface area contributed by atoms with Crippen molar-refractivity contribution in [2.75, 3.05) is 12.0 Å². The summed E-state index contributed by atoms with van der Waals surface area (Å²) in [5, 5.41) is 5.02. The minimum Gasteiger partial charge on any atom is -0.376 e. The summed E-state index contributed by atoms with van der Waals surface area (Å²) in [4.78, 5) is 0. The van der Waals surface area contributed by atoms with E-state index in [1.54, 1.807) is 0 Å². The lowest BCUT2D eigenvalue weighted by Crippen LogP contribution is -2.16. The molecular weight excluding hydrogens is 310 g/mol. The summed E-state index contributed by atoms with van der Waals surface area (Å²) in [5.74, 6) is 0. The SMILES string of the molecule is Cc1cc(/C=N\Nc2cccc(Cl)c2)c(C)n1C[C@@H]1CCCO1. The molecule has 1 aliphatic heterocycles. The standard InChI is InChI=1S/C18H22ClN3O/c1-13-9-15(11-20-21-17-6-3-5-16(19)10-17)14(2)22(13)12-18-7-4-8-23-18/h3,5-6,9-11,18,21H,4,7-8,12H2,1-2H3/b20-11-/t18-/m0/s1. The van der Waals surface area contributed by atoms with Crippen LogP contribution in [0.25, 0.3) is 0 Å². The van der Waals surface area contributed by atoms with Crippen LogP contribution in [0, 0.1) is 13.8 Å². The maximum atomic E-state index is 5.96. The van der Waals surface area contributed by atoms with Gasteiger partial charge in [-0.1, -0.05) is 17.7 Å². The third-order valence-corrected chi connectivity index (χ3v) is 4.48. The van der Waals surface area contributed by atoms with Gasteiger partial charge in [-0.15, -0.1) is 0 Å². The largest absolute Gasteiger partial charge is 0.376 e. The summed E-state index contributed by atoms with van der Waals surface area (Å²) in [6, 6.07) is 9.68. The smallest absolute Gasteiger partial charge is 0.0754 e. The molecule has 23 heavy (non-hydrogen) atoms. The molecule has 0 bridgehead atoms. The van der Waals surface area contributed by atoms with Crippen LogP contribution in [0.2, 0.25) is 5.02 Å². The number of hydrazone groups is 1. The van der Waals surface area contributed by atoms with Gasteiger partial charge in [-0.2, -0.15) is 5.10 Å². The quantitative estimate of drug-likeness (QED) is 0.652. The maximum Gasteiger partial charge on any atom is 0.0754 e. The molecule has 0 aliphatic carbocycles. The second-order valence-corrected chi connectivity index (χ2v) is 6.39. The highest BCUT2D eigenvalue weighted by molar-refractivity contribution is 6.30. The molecule has 1 aromatic heterocycles. The number of aryl methyl sites for hydroxylation is 1. The third-order valence-electron chi connectivity index (χ3n) is 4.24. The Bertz CT molecular complexity index is 702. The van der Waals surface area contributed by atoms with Crippen LogP contribution in [0.3, 0.4) is 0 Å². The second kappa shape index (κ2) is 7.20. The molecule has 122 valence electrons. The number of halogens is 1. The molecule has 1 fully saturated rings. The van der Waals surface area contributed by atoms with E-state index in [4.69, 9.17) is 16.3 Å². The second-order valence-electron chi connectivity index (χ2n) is 5.95. The zero-order valence-electron chi connectivity index (χ0n) is 13.6. The van der Waals surface area contributed by atoms with Crippen LogP contribution in [0.4, 0.5) is 5.69 Å². The monoisotopic (exact) mass is 331 g/mol. The van der Waals surface area contributed by atoms with Gasteiger partial charge in [0.1, 0.15) is 0 Å². The van der Waals surface area contributed by atoms with Gasteiger partial charge in [-0.25, -0.2) is 0 Å². The van der Waals surface area contributed by atoms with Gasteiger partial charge in [-0.05, 0) is 51.0 Å². The number of anilines is 1. The van der Waals surface area contributed by atoms with Crippen molar-refractivity contribution in [1.82, 2.24) is 4.57 Å². The van der Waals surface area contributed by atoms with E-state index < -0.39 is 0 Å². The van der Waals surface area contributed by atoms with E-state index in [-0.39, 0.29) is 0 Å².